The number of benzene rings is 1. The van der Waals surface area contributed by atoms with Crippen LogP contribution in [0.25, 0.3) is 0 Å². The summed E-state index contributed by atoms with van der Waals surface area (Å²) in [7, 11) is 1.30. The van der Waals surface area contributed by atoms with E-state index in [9.17, 15) is 9.59 Å². The molecule has 3 nitrogen and oxygen atoms in total. The molecular formula is C16H18O3. The van der Waals surface area contributed by atoms with Gasteiger partial charge in [-0.2, -0.15) is 0 Å². The second-order valence-electron chi connectivity index (χ2n) is 4.25. The zero-order valence-corrected chi connectivity index (χ0v) is 11.3. The summed E-state index contributed by atoms with van der Waals surface area (Å²) < 4.78 is 4.60. The van der Waals surface area contributed by atoms with Gasteiger partial charge in [-0.15, -0.1) is 0 Å². The highest BCUT2D eigenvalue weighted by molar-refractivity contribution is 5.97. The molecule has 0 aliphatic heterocycles. The van der Waals surface area contributed by atoms with Crippen LogP contribution in [-0.4, -0.2) is 18.9 Å². The Labute approximate surface area is 114 Å². The fraction of sp³-hybridized carbons (Fsp3) is 0.375. The van der Waals surface area contributed by atoms with Gasteiger partial charge in [-0.25, -0.2) is 0 Å². The van der Waals surface area contributed by atoms with Gasteiger partial charge in [0, 0.05) is 12.0 Å². The largest absolute Gasteiger partial charge is 0.468 e. The Balaban J connectivity index is 2.40. The molecule has 0 aliphatic carbocycles. The molecule has 0 aromatic heterocycles. The predicted octanol–water partition coefficient (Wildman–Crippen LogP) is 2.59. The predicted molar refractivity (Wildman–Crippen MR) is 73.4 cm³/mol. The number of hydrogen-bond donors (Lipinski definition) is 0. The number of carbonyl (C=O) groups is 2. The third-order valence-electron chi connectivity index (χ3n) is 2.78. The van der Waals surface area contributed by atoms with E-state index in [4.69, 9.17) is 0 Å². The number of Topliss-reactive ketones (excluding diaryl/α,β-unsaturated/α-hetero) is 1. The monoisotopic (exact) mass is 258 g/mol. The van der Waals surface area contributed by atoms with Gasteiger partial charge in [0.25, 0.3) is 0 Å². The first-order valence-corrected chi connectivity index (χ1v) is 6.27. The summed E-state index contributed by atoms with van der Waals surface area (Å²) in [6.07, 6.45) is 1.86. The molecule has 3 heteroatoms. The van der Waals surface area contributed by atoms with Crippen molar-refractivity contribution in [1.82, 2.24) is 0 Å². The summed E-state index contributed by atoms with van der Waals surface area (Å²) >= 11 is 0. The van der Waals surface area contributed by atoms with Crippen LogP contribution in [-0.2, 0) is 14.3 Å². The molecule has 0 fully saturated rings. The van der Waals surface area contributed by atoms with Gasteiger partial charge in [-0.05, 0) is 31.9 Å². The molecule has 19 heavy (non-hydrogen) atoms. The van der Waals surface area contributed by atoms with Gasteiger partial charge < -0.3 is 4.74 Å². The molecule has 0 spiro atoms. The standard InChI is InChI=1S/C16H18O3/c1-13(17)15(16(18)19-2)12-8-4-7-11-14-9-5-3-6-10-14/h3,5-6,9-10,15H,4,8,12H2,1-2H3. The molecule has 100 valence electrons. The van der Waals surface area contributed by atoms with Crippen molar-refractivity contribution in [3.05, 3.63) is 35.9 Å². The van der Waals surface area contributed by atoms with Crippen LogP contribution in [0.3, 0.4) is 0 Å². The Morgan fingerprint density at radius 2 is 1.95 bits per heavy atom. The van der Waals surface area contributed by atoms with E-state index in [1.54, 1.807) is 0 Å². The number of unbranched alkanes of at least 4 members (excludes halogenated alkanes) is 1. The fourth-order valence-corrected chi connectivity index (χ4v) is 1.71. The molecule has 0 aliphatic rings. The van der Waals surface area contributed by atoms with Gasteiger partial charge in [0.05, 0.1) is 7.11 Å². The average Bonchev–Trinajstić information content (AvgIpc) is 2.42. The fourth-order valence-electron chi connectivity index (χ4n) is 1.71. The normalized spacial score (nSPS) is 11.1. The maximum atomic E-state index is 11.4. The van der Waals surface area contributed by atoms with Crippen molar-refractivity contribution >= 4 is 11.8 Å². The molecule has 0 radical (unpaired) electrons. The Morgan fingerprint density at radius 1 is 1.26 bits per heavy atom. The van der Waals surface area contributed by atoms with E-state index in [1.165, 1.54) is 14.0 Å². The summed E-state index contributed by atoms with van der Waals surface area (Å²) in [6, 6.07) is 9.71. The van der Waals surface area contributed by atoms with Crippen LogP contribution in [0.5, 0.6) is 0 Å². The summed E-state index contributed by atoms with van der Waals surface area (Å²) in [5.74, 6) is 4.82. The van der Waals surface area contributed by atoms with Gasteiger partial charge >= 0.3 is 5.97 Å². The summed E-state index contributed by atoms with van der Waals surface area (Å²) in [6.45, 7) is 1.41. The Kier molecular flexibility index (Phi) is 6.38. The van der Waals surface area contributed by atoms with Crippen molar-refractivity contribution in [3.63, 3.8) is 0 Å². The lowest BCUT2D eigenvalue weighted by molar-refractivity contribution is -0.149. The number of methoxy groups -OCH3 is 1. The molecular weight excluding hydrogens is 240 g/mol. The number of hydrogen-bond acceptors (Lipinski definition) is 3. The van der Waals surface area contributed by atoms with Gasteiger partial charge in [0.15, 0.2) is 0 Å². The van der Waals surface area contributed by atoms with E-state index >= 15 is 0 Å². The van der Waals surface area contributed by atoms with Crippen molar-refractivity contribution in [2.45, 2.75) is 26.2 Å². The number of esters is 1. The van der Waals surface area contributed by atoms with E-state index in [-0.39, 0.29) is 5.78 Å². The molecule has 1 rings (SSSR count). The van der Waals surface area contributed by atoms with Crippen LogP contribution in [0.1, 0.15) is 31.7 Å². The van der Waals surface area contributed by atoms with E-state index in [2.05, 4.69) is 16.6 Å². The lowest BCUT2D eigenvalue weighted by Gasteiger charge is -2.09. The minimum atomic E-state index is -0.650. The summed E-state index contributed by atoms with van der Waals surface area (Å²) in [4.78, 5) is 22.7. The van der Waals surface area contributed by atoms with Crippen molar-refractivity contribution < 1.29 is 14.3 Å². The van der Waals surface area contributed by atoms with Crippen molar-refractivity contribution in [3.8, 4) is 11.8 Å². The van der Waals surface area contributed by atoms with Crippen LogP contribution < -0.4 is 0 Å². The molecule has 1 aromatic carbocycles. The quantitative estimate of drug-likeness (QED) is 0.353. The van der Waals surface area contributed by atoms with E-state index in [1.807, 2.05) is 30.3 Å². The van der Waals surface area contributed by atoms with Crippen molar-refractivity contribution in [2.24, 2.45) is 5.92 Å². The van der Waals surface area contributed by atoms with Crippen LogP contribution in [0.15, 0.2) is 30.3 Å². The van der Waals surface area contributed by atoms with E-state index in [0.29, 0.717) is 19.3 Å². The molecule has 1 unspecified atom stereocenters. The first kappa shape index (κ1) is 15.0. The maximum Gasteiger partial charge on any atom is 0.316 e. The zero-order chi connectivity index (χ0) is 14.1. The van der Waals surface area contributed by atoms with Gasteiger partial charge in [0.2, 0.25) is 0 Å². The van der Waals surface area contributed by atoms with Gasteiger partial charge in [0.1, 0.15) is 11.7 Å². The summed E-state index contributed by atoms with van der Waals surface area (Å²) in [5.41, 5.74) is 0.971. The van der Waals surface area contributed by atoms with E-state index in [0.717, 1.165) is 5.56 Å². The third-order valence-corrected chi connectivity index (χ3v) is 2.78. The molecule has 0 heterocycles. The molecule has 0 saturated heterocycles. The van der Waals surface area contributed by atoms with Crippen molar-refractivity contribution in [1.29, 1.82) is 0 Å². The first-order chi connectivity index (χ1) is 9.15. The number of rotatable bonds is 5. The average molecular weight is 258 g/mol. The van der Waals surface area contributed by atoms with Crippen LogP contribution >= 0.6 is 0 Å². The summed E-state index contributed by atoms with van der Waals surface area (Å²) in [5, 5.41) is 0. The van der Waals surface area contributed by atoms with Crippen LogP contribution in [0.4, 0.5) is 0 Å². The number of ether oxygens (including phenoxy) is 1. The second-order valence-corrected chi connectivity index (χ2v) is 4.25. The number of carbonyl (C=O) groups excluding carboxylic acids is 2. The SMILES string of the molecule is COC(=O)C(CCCC#Cc1ccccc1)C(C)=O. The molecule has 0 bridgehead atoms. The van der Waals surface area contributed by atoms with Gasteiger partial charge in [-0.3, -0.25) is 9.59 Å². The minimum Gasteiger partial charge on any atom is -0.468 e. The molecule has 0 saturated carbocycles. The molecule has 0 N–H and O–H groups in total. The highest BCUT2D eigenvalue weighted by Crippen LogP contribution is 2.11. The van der Waals surface area contributed by atoms with Crippen LogP contribution in [0.2, 0.25) is 0 Å². The lowest BCUT2D eigenvalue weighted by atomic mass is 9.98. The van der Waals surface area contributed by atoms with Crippen molar-refractivity contribution in [2.75, 3.05) is 7.11 Å². The molecule has 1 aromatic rings. The third kappa shape index (κ3) is 5.39. The Morgan fingerprint density at radius 3 is 2.53 bits per heavy atom. The topological polar surface area (TPSA) is 43.4 Å². The Bertz CT molecular complexity index is 480. The smallest absolute Gasteiger partial charge is 0.316 e. The maximum absolute atomic E-state index is 11.4. The van der Waals surface area contributed by atoms with E-state index < -0.39 is 11.9 Å². The van der Waals surface area contributed by atoms with Gasteiger partial charge in [-0.1, -0.05) is 30.0 Å². The molecule has 0 amide bonds. The molecule has 1 atom stereocenters. The minimum absolute atomic E-state index is 0.150. The first-order valence-electron chi connectivity index (χ1n) is 6.27. The zero-order valence-electron chi connectivity index (χ0n) is 11.3. The highest BCUT2D eigenvalue weighted by atomic mass is 16.5. The number of ketones is 1. The highest BCUT2D eigenvalue weighted by Gasteiger charge is 2.22. The Hall–Kier alpha value is -2.08. The van der Waals surface area contributed by atoms with Crippen LogP contribution in [0, 0.1) is 17.8 Å². The second kappa shape index (κ2) is 8.10. The lowest BCUT2D eigenvalue weighted by Crippen LogP contribution is -2.23.